The Labute approximate surface area is 174 Å². The average Bonchev–Trinajstić information content (AvgIpc) is 2.70. The van der Waals surface area contributed by atoms with E-state index >= 15 is 0 Å². The summed E-state index contributed by atoms with van der Waals surface area (Å²) in [6.45, 7) is 4.57. The number of amides is 1. The second-order valence-corrected chi connectivity index (χ2v) is 7.50. The molecule has 0 saturated carbocycles. The number of likely N-dealkylation sites (N-methyl/N-ethyl adjacent to an activating group) is 1. The molecule has 0 aromatic heterocycles. The van der Waals surface area contributed by atoms with Crippen LogP contribution in [-0.4, -0.2) is 61.8 Å². The maximum atomic E-state index is 12.7. The molecule has 1 fully saturated rings. The van der Waals surface area contributed by atoms with Crippen molar-refractivity contribution in [3.05, 3.63) is 65.7 Å². The molecule has 1 heterocycles. The first-order valence-electron chi connectivity index (χ1n) is 9.88. The quantitative estimate of drug-likeness (QED) is 0.746. The lowest BCUT2D eigenvalue weighted by Crippen LogP contribution is -2.48. The molecule has 0 spiro atoms. The second-order valence-electron chi connectivity index (χ2n) is 7.50. The van der Waals surface area contributed by atoms with Crippen LogP contribution in [0.5, 0.6) is 5.75 Å². The minimum atomic E-state index is -4.73. The second kappa shape index (κ2) is 9.95. The van der Waals surface area contributed by atoms with Gasteiger partial charge in [-0.15, -0.1) is 13.2 Å². The van der Waals surface area contributed by atoms with Crippen LogP contribution in [0.2, 0.25) is 0 Å². The van der Waals surface area contributed by atoms with Crippen LogP contribution in [-0.2, 0) is 11.2 Å². The number of rotatable bonds is 7. The van der Waals surface area contributed by atoms with Gasteiger partial charge in [-0.2, -0.15) is 0 Å². The van der Waals surface area contributed by atoms with E-state index in [0.29, 0.717) is 12.1 Å². The van der Waals surface area contributed by atoms with E-state index in [2.05, 4.69) is 26.9 Å². The number of benzene rings is 2. The summed E-state index contributed by atoms with van der Waals surface area (Å²) in [6, 6.07) is 15.0. The molecule has 2 aromatic rings. The van der Waals surface area contributed by atoms with Gasteiger partial charge in [0.1, 0.15) is 5.75 Å². The molecule has 0 radical (unpaired) electrons. The van der Waals surface area contributed by atoms with Crippen LogP contribution in [0.1, 0.15) is 17.2 Å². The monoisotopic (exact) mass is 421 g/mol. The fourth-order valence-electron chi connectivity index (χ4n) is 3.45. The Kier molecular flexibility index (Phi) is 7.33. The molecular weight excluding hydrogens is 395 g/mol. The smallest absolute Gasteiger partial charge is 0.406 e. The number of carbonyl (C=O) groups excluding carboxylic acids is 1. The average molecular weight is 421 g/mol. The molecule has 1 aliphatic heterocycles. The van der Waals surface area contributed by atoms with Crippen molar-refractivity contribution in [2.75, 3.05) is 39.8 Å². The van der Waals surface area contributed by atoms with Crippen molar-refractivity contribution in [2.45, 2.75) is 18.8 Å². The number of carbonyl (C=O) groups is 1. The first-order valence-corrected chi connectivity index (χ1v) is 9.88. The maximum absolute atomic E-state index is 12.7. The minimum absolute atomic E-state index is 0.0817. The van der Waals surface area contributed by atoms with E-state index in [0.717, 1.165) is 31.7 Å². The van der Waals surface area contributed by atoms with Gasteiger partial charge in [0.2, 0.25) is 5.91 Å². The third-order valence-electron chi connectivity index (χ3n) is 5.10. The van der Waals surface area contributed by atoms with Gasteiger partial charge in [0.25, 0.3) is 0 Å². The number of ether oxygens (including phenoxy) is 1. The molecule has 30 heavy (non-hydrogen) atoms. The lowest BCUT2D eigenvalue weighted by Gasteiger charge is -2.35. The fraction of sp³-hybridized carbons (Fsp3) is 0.409. The van der Waals surface area contributed by atoms with Gasteiger partial charge in [0.05, 0.1) is 12.5 Å². The summed E-state index contributed by atoms with van der Waals surface area (Å²) in [5, 5.41) is 3.09. The summed E-state index contributed by atoms with van der Waals surface area (Å²) >= 11 is 0. The Balaban J connectivity index is 1.61. The van der Waals surface area contributed by atoms with E-state index in [4.69, 9.17) is 0 Å². The third-order valence-corrected chi connectivity index (χ3v) is 5.10. The van der Waals surface area contributed by atoms with Crippen LogP contribution in [0.4, 0.5) is 13.2 Å². The molecule has 3 rings (SSSR count). The molecule has 2 aromatic carbocycles. The first-order chi connectivity index (χ1) is 14.3. The van der Waals surface area contributed by atoms with Crippen LogP contribution < -0.4 is 10.1 Å². The lowest BCUT2D eigenvalue weighted by atomic mass is 10.0. The van der Waals surface area contributed by atoms with Crippen molar-refractivity contribution in [3.8, 4) is 5.75 Å². The Morgan fingerprint density at radius 2 is 1.67 bits per heavy atom. The van der Waals surface area contributed by atoms with Gasteiger partial charge in [0.15, 0.2) is 0 Å². The van der Waals surface area contributed by atoms with Gasteiger partial charge < -0.3 is 15.0 Å². The molecule has 5 nitrogen and oxygen atoms in total. The Hall–Kier alpha value is -2.58. The molecule has 1 unspecified atom stereocenters. The van der Waals surface area contributed by atoms with Crippen molar-refractivity contribution >= 4 is 5.91 Å². The van der Waals surface area contributed by atoms with Crippen molar-refractivity contribution in [1.82, 2.24) is 15.1 Å². The summed E-state index contributed by atoms with van der Waals surface area (Å²) < 4.78 is 40.7. The number of halogens is 3. The zero-order valence-corrected chi connectivity index (χ0v) is 16.9. The highest BCUT2D eigenvalue weighted by atomic mass is 19.4. The molecule has 1 N–H and O–H groups in total. The Morgan fingerprint density at radius 3 is 2.27 bits per heavy atom. The molecule has 0 aliphatic carbocycles. The van der Waals surface area contributed by atoms with Gasteiger partial charge in [0, 0.05) is 32.7 Å². The number of piperazine rings is 1. The van der Waals surface area contributed by atoms with Gasteiger partial charge in [-0.05, 0) is 30.3 Å². The predicted octanol–water partition coefficient (Wildman–Crippen LogP) is 3.23. The highest BCUT2D eigenvalue weighted by Crippen LogP contribution is 2.23. The summed E-state index contributed by atoms with van der Waals surface area (Å²) in [7, 11) is 2.10. The zero-order chi connectivity index (χ0) is 21.6. The fourth-order valence-corrected chi connectivity index (χ4v) is 3.45. The van der Waals surface area contributed by atoms with Crippen LogP contribution in [0.3, 0.4) is 0 Å². The van der Waals surface area contributed by atoms with E-state index in [1.54, 1.807) is 0 Å². The van der Waals surface area contributed by atoms with Crippen molar-refractivity contribution < 1.29 is 22.7 Å². The Bertz CT molecular complexity index is 805. The molecule has 8 heteroatoms. The summed E-state index contributed by atoms with van der Waals surface area (Å²) in [5.41, 5.74) is 1.65. The molecule has 1 aliphatic rings. The van der Waals surface area contributed by atoms with E-state index in [1.807, 2.05) is 30.3 Å². The topological polar surface area (TPSA) is 44.8 Å². The van der Waals surface area contributed by atoms with E-state index < -0.39 is 6.36 Å². The van der Waals surface area contributed by atoms with E-state index in [1.165, 1.54) is 24.3 Å². The summed E-state index contributed by atoms with van der Waals surface area (Å²) in [6.07, 6.45) is -4.65. The van der Waals surface area contributed by atoms with Crippen molar-refractivity contribution in [2.24, 2.45) is 0 Å². The van der Waals surface area contributed by atoms with Crippen molar-refractivity contribution in [3.63, 3.8) is 0 Å². The number of nitrogens with one attached hydrogen (secondary N) is 1. The number of hydrogen-bond donors (Lipinski definition) is 1. The summed E-state index contributed by atoms with van der Waals surface area (Å²) in [4.78, 5) is 17.3. The van der Waals surface area contributed by atoms with Gasteiger partial charge in [-0.1, -0.05) is 42.5 Å². The molecule has 1 amide bonds. The predicted molar refractivity (Wildman–Crippen MR) is 108 cm³/mol. The van der Waals surface area contributed by atoms with Crippen LogP contribution >= 0.6 is 0 Å². The maximum Gasteiger partial charge on any atom is 0.573 e. The molecule has 1 atom stereocenters. The van der Waals surface area contributed by atoms with Gasteiger partial charge in [-0.3, -0.25) is 9.69 Å². The molecule has 1 saturated heterocycles. The number of hydrogen-bond acceptors (Lipinski definition) is 4. The molecular formula is C22H26F3N3O2. The van der Waals surface area contributed by atoms with Crippen molar-refractivity contribution in [1.29, 1.82) is 0 Å². The first kappa shape index (κ1) is 22.1. The third kappa shape index (κ3) is 7.03. The number of alkyl halides is 3. The standard InChI is InChI=1S/C22H26F3N3O2/c1-27-11-13-28(14-12-27)16-20(18-5-3-2-4-6-18)26-21(29)15-17-7-9-19(10-8-17)30-22(23,24)25/h2-10,20H,11-16H2,1H3,(H,26,29). The minimum Gasteiger partial charge on any atom is -0.406 e. The van der Waals surface area contributed by atoms with Gasteiger partial charge >= 0.3 is 6.36 Å². The SMILES string of the molecule is CN1CCN(CC(NC(=O)Cc2ccc(OC(F)(F)F)cc2)c2ccccc2)CC1. The summed E-state index contributed by atoms with van der Waals surface area (Å²) in [5.74, 6) is -0.480. The molecule has 0 bridgehead atoms. The Morgan fingerprint density at radius 1 is 1.03 bits per heavy atom. The van der Waals surface area contributed by atoms with E-state index in [-0.39, 0.29) is 24.1 Å². The van der Waals surface area contributed by atoms with Crippen LogP contribution in [0.25, 0.3) is 0 Å². The van der Waals surface area contributed by atoms with Gasteiger partial charge in [-0.25, -0.2) is 0 Å². The van der Waals surface area contributed by atoms with Crippen LogP contribution in [0.15, 0.2) is 54.6 Å². The van der Waals surface area contributed by atoms with Crippen LogP contribution in [0, 0.1) is 0 Å². The number of nitrogens with zero attached hydrogens (tertiary/aromatic N) is 2. The largest absolute Gasteiger partial charge is 0.573 e. The normalized spacial score (nSPS) is 16.8. The highest BCUT2D eigenvalue weighted by molar-refractivity contribution is 5.79. The van der Waals surface area contributed by atoms with E-state index in [9.17, 15) is 18.0 Å². The zero-order valence-electron chi connectivity index (χ0n) is 16.9. The lowest BCUT2D eigenvalue weighted by molar-refractivity contribution is -0.274. The molecule has 162 valence electrons. The highest BCUT2D eigenvalue weighted by Gasteiger charge is 2.31.